The minimum atomic E-state index is -5.31. The van der Waals surface area contributed by atoms with E-state index in [-0.39, 0.29) is 16.7 Å². The number of carbonyl (C=O) groups excluding carboxylic acids is 2. The standard InChI is InChI=1S/C13H15BF3O3/c1-8-10(7-18)5-9(6-11(8)14(15,16)17)12(19)20-13(2,3)4/h5-7H,1-4H3/q-1. The van der Waals surface area contributed by atoms with Crippen LogP contribution in [0.5, 0.6) is 0 Å². The van der Waals surface area contributed by atoms with E-state index in [4.69, 9.17) is 4.74 Å². The molecule has 0 atom stereocenters. The zero-order chi connectivity index (χ0) is 15.7. The summed E-state index contributed by atoms with van der Waals surface area (Å²) >= 11 is 0. The second kappa shape index (κ2) is 5.30. The number of aldehydes is 1. The molecule has 1 aromatic rings. The smallest absolute Gasteiger partial charge is 0.456 e. The number of hydrogen-bond donors (Lipinski definition) is 0. The lowest BCUT2D eigenvalue weighted by atomic mass is 9.75. The van der Waals surface area contributed by atoms with Crippen LogP contribution in [0.2, 0.25) is 0 Å². The summed E-state index contributed by atoms with van der Waals surface area (Å²) in [5, 5.41) is 0. The van der Waals surface area contributed by atoms with E-state index < -0.39 is 24.0 Å². The van der Waals surface area contributed by atoms with Crippen molar-refractivity contribution in [1.82, 2.24) is 0 Å². The van der Waals surface area contributed by atoms with Crippen LogP contribution < -0.4 is 5.46 Å². The summed E-state index contributed by atoms with van der Waals surface area (Å²) in [5.41, 5.74) is -2.40. The van der Waals surface area contributed by atoms with Crippen molar-refractivity contribution < 1.29 is 27.3 Å². The van der Waals surface area contributed by atoms with Gasteiger partial charge in [-0.1, -0.05) is 11.6 Å². The Morgan fingerprint density at radius 1 is 1.25 bits per heavy atom. The molecule has 0 aliphatic carbocycles. The van der Waals surface area contributed by atoms with Gasteiger partial charge in [-0.05, 0) is 33.8 Å². The molecular weight excluding hydrogens is 272 g/mol. The molecule has 0 bridgehead atoms. The number of rotatable bonds is 3. The van der Waals surface area contributed by atoms with Gasteiger partial charge in [0.2, 0.25) is 0 Å². The molecule has 0 radical (unpaired) electrons. The molecule has 3 nitrogen and oxygen atoms in total. The molecule has 0 aliphatic heterocycles. The summed E-state index contributed by atoms with van der Waals surface area (Å²) in [6.45, 7) is 0.709. The molecule has 20 heavy (non-hydrogen) atoms. The summed E-state index contributed by atoms with van der Waals surface area (Å²) < 4.78 is 43.8. The van der Waals surface area contributed by atoms with Crippen LogP contribution in [0.4, 0.5) is 12.9 Å². The van der Waals surface area contributed by atoms with Gasteiger partial charge >= 0.3 is 12.9 Å². The van der Waals surface area contributed by atoms with Crippen molar-refractivity contribution in [2.45, 2.75) is 33.3 Å². The predicted octanol–water partition coefficient (Wildman–Crippen LogP) is 2.82. The Balaban J connectivity index is 3.36. The van der Waals surface area contributed by atoms with Gasteiger partial charge in [0.25, 0.3) is 0 Å². The van der Waals surface area contributed by atoms with Crippen LogP contribution in [0.15, 0.2) is 12.1 Å². The molecule has 0 heterocycles. The van der Waals surface area contributed by atoms with E-state index in [1.165, 1.54) is 6.92 Å². The van der Waals surface area contributed by atoms with Gasteiger partial charge in [0.1, 0.15) is 11.9 Å². The average molecular weight is 287 g/mol. The van der Waals surface area contributed by atoms with E-state index in [1.807, 2.05) is 0 Å². The van der Waals surface area contributed by atoms with Gasteiger partial charge < -0.3 is 17.7 Å². The van der Waals surface area contributed by atoms with Crippen LogP contribution in [0, 0.1) is 6.92 Å². The number of ether oxygens (including phenoxy) is 1. The fourth-order valence-corrected chi connectivity index (χ4v) is 1.68. The molecule has 0 fully saturated rings. The van der Waals surface area contributed by atoms with Gasteiger partial charge in [-0.25, -0.2) is 4.79 Å². The van der Waals surface area contributed by atoms with Crippen molar-refractivity contribution in [3.8, 4) is 0 Å². The topological polar surface area (TPSA) is 43.4 Å². The van der Waals surface area contributed by atoms with Crippen molar-refractivity contribution in [2.24, 2.45) is 0 Å². The van der Waals surface area contributed by atoms with Gasteiger partial charge in [0, 0.05) is 5.56 Å². The fourth-order valence-electron chi connectivity index (χ4n) is 1.68. The fraction of sp³-hybridized carbons (Fsp3) is 0.385. The Kier molecular flexibility index (Phi) is 4.31. The lowest BCUT2D eigenvalue weighted by Gasteiger charge is -2.22. The summed E-state index contributed by atoms with van der Waals surface area (Å²) in [5.74, 6) is -0.887. The van der Waals surface area contributed by atoms with Crippen LogP contribution >= 0.6 is 0 Å². The maximum atomic E-state index is 12.9. The highest BCUT2D eigenvalue weighted by Gasteiger charge is 2.30. The molecule has 0 amide bonds. The molecule has 0 saturated heterocycles. The predicted molar refractivity (Wildman–Crippen MR) is 70.4 cm³/mol. The first-order valence-corrected chi connectivity index (χ1v) is 5.98. The molecule has 0 aliphatic rings. The Bertz CT molecular complexity index is 545. The number of benzene rings is 1. The Labute approximate surface area is 115 Å². The van der Waals surface area contributed by atoms with Gasteiger partial charge in [-0.2, -0.15) is 0 Å². The normalized spacial score (nSPS) is 12.2. The molecule has 0 unspecified atom stereocenters. The van der Waals surface area contributed by atoms with E-state index in [1.54, 1.807) is 20.8 Å². The molecule has 0 spiro atoms. The molecule has 1 rings (SSSR count). The SMILES string of the molecule is Cc1c(C=O)cc(C(=O)OC(C)(C)C)cc1[B-](F)(F)F. The van der Waals surface area contributed by atoms with E-state index in [2.05, 4.69) is 0 Å². The van der Waals surface area contributed by atoms with Crippen molar-refractivity contribution in [2.75, 3.05) is 0 Å². The highest BCUT2D eigenvalue weighted by Crippen LogP contribution is 2.18. The third-order valence-corrected chi connectivity index (χ3v) is 2.60. The number of esters is 1. The van der Waals surface area contributed by atoms with E-state index in [0.29, 0.717) is 6.29 Å². The van der Waals surface area contributed by atoms with Crippen molar-refractivity contribution in [1.29, 1.82) is 0 Å². The van der Waals surface area contributed by atoms with Gasteiger partial charge in [0.05, 0.1) is 5.56 Å². The minimum absolute atomic E-state index is 0.164. The van der Waals surface area contributed by atoms with Crippen molar-refractivity contribution in [3.05, 3.63) is 28.8 Å². The number of hydrogen-bond acceptors (Lipinski definition) is 3. The molecule has 1 aromatic carbocycles. The Morgan fingerprint density at radius 3 is 2.20 bits per heavy atom. The molecular formula is C13H15BF3O3-. The van der Waals surface area contributed by atoms with Crippen LogP contribution in [-0.2, 0) is 4.74 Å². The third-order valence-electron chi connectivity index (χ3n) is 2.60. The van der Waals surface area contributed by atoms with Gasteiger partial charge in [0.15, 0.2) is 0 Å². The molecule has 0 aromatic heterocycles. The van der Waals surface area contributed by atoms with Crippen molar-refractivity contribution in [3.63, 3.8) is 0 Å². The third kappa shape index (κ3) is 3.85. The second-order valence-electron chi connectivity index (χ2n) is 5.47. The highest BCUT2D eigenvalue weighted by atomic mass is 19.4. The van der Waals surface area contributed by atoms with E-state index in [0.717, 1.165) is 12.1 Å². The van der Waals surface area contributed by atoms with Crippen LogP contribution in [0.3, 0.4) is 0 Å². The number of halogens is 3. The quantitative estimate of drug-likeness (QED) is 0.488. The summed E-state index contributed by atoms with van der Waals surface area (Å²) in [6.07, 6.45) is 0.300. The largest absolute Gasteiger partial charge is 0.509 e. The zero-order valence-electron chi connectivity index (χ0n) is 11.7. The highest BCUT2D eigenvalue weighted by molar-refractivity contribution is 6.74. The molecule has 0 N–H and O–H groups in total. The summed E-state index contributed by atoms with van der Waals surface area (Å²) in [7, 11) is 0. The van der Waals surface area contributed by atoms with E-state index >= 15 is 0 Å². The molecule has 110 valence electrons. The van der Waals surface area contributed by atoms with Crippen LogP contribution in [0.1, 0.15) is 47.1 Å². The maximum absolute atomic E-state index is 12.9. The maximum Gasteiger partial charge on any atom is 0.509 e. The summed E-state index contributed by atoms with van der Waals surface area (Å²) in [4.78, 5) is 22.7. The first-order valence-electron chi connectivity index (χ1n) is 5.98. The monoisotopic (exact) mass is 287 g/mol. The van der Waals surface area contributed by atoms with Crippen LogP contribution in [0.25, 0.3) is 0 Å². The Morgan fingerprint density at radius 2 is 1.80 bits per heavy atom. The molecule has 7 heteroatoms. The number of carbonyl (C=O) groups is 2. The average Bonchev–Trinajstić information content (AvgIpc) is 2.25. The first kappa shape index (κ1) is 16.3. The molecule has 0 saturated carbocycles. The van der Waals surface area contributed by atoms with Gasteiger partial charge in [-0.3, -0.25) is 4.79 Å². The lowest BCUT2D eigenvalue weighted by Crippen LogP contribution is -2.38. The van der Waals surface area contributed by atoms with E-state index in [9.17, 15) is 22.5 Å². The second-order valence-corrected chi connectivity index (χ2v) is 5.47. The van der Waals surface area contributed by atoms with Gasteiger partial charge in [-0.15, -0.1) is 5.46 Å². The minimum Gasteiger partial charge on any atom is -0.456 e. The Hall–Kier alpha value is -1.79. The lowest BCUT2D eigenvalue weighted by molar-refractivity contribution is 0.00696. The first-order chi connectivity index (χ1) is 8.95. The zero-order valence-corrected chi connectivity index (χ0v) is 11.7. The van der Waals surface area contributed by atoms with Crippen LogP contribution in [-0.4, -0.2) is 24.8 Å². The van der Waals surface area contributed by atoms with Crippen molar-refractivity contribution >= 4 is 24.7 Å². The summed E-state index contributed by atoms with van der Waals surface area (Å²) in [6, 6.07) is 1.85.